The van der Waals surface area contributed by atoms with Gasteiger partial charge in [-0.05, 0) is 57.5 Å². The van der Waals surface area contributed by atoms with E-state index in [1.54, 1.807) is 18.6 Å². The first kappa shape index (κ1) is 20.0. The van der Waals surface area contributed by atoms with E-state index in [9.17, 15) is 4.79 Å². The largest absolute Gasteiger partial charge is 0.337 e. The summed E-state index contributed by atoms with van der Waals surface area (Å²) in [5, 5.41) is 0. The molecule has 1 unspecified atom stereocenters. The van der Waals surface area contributed by atoms with Crippen LogP contribution in [0.1, 0.15) is 53.3 Å². The fourth-order valence-corrected chi connectivity index (χ4v) is 4.77. The third kappa shape index (κ3) is 4.65. The lowest BCUT2D eigenvalue weighted by Gasteiger charge is -2.39. The molecule has 0 N–H and O–H groups in total. The Balaban J connectivity index is 1.37. The van der Waals surface area contributed by atoms with Gasteiger partial charge < -0.3 is 9.80 Å². The molecule has 3 heterocycles. The van der Waals surface area contributed by atoms with E-state index in [1.807, 2.05) is 4.90 Å². The molecule has 2 aliphatic heterocycles. The number of piperidine rings is 1. The molecule has 0 saturated carbocycles. The van der Waals surface area contributed by atoms with Crippen LogP contribution in [0.4, 0.5) is 0 Å². The van der Waals surface area contributed by atoms with Gasteiger partial charge in [-0.25, -0.2) is 4.98 Å². The van der Waals surface area contributed by atoms with Crippen LogP contribution in [0.5, 0.6) is 0 Å². The lowest BCUT2D eigenvalue weighted by molar-refractivity contribution is 0.0594. The summed E-state index contributed by atoms with van der Waals surface area (Å²) < 4.78 is 0. The van der Waals surface area contributed by atoms with Gasteiger partial charge in [0.25, 0.3) is 5.91 Å². The molecule has 154 valence electrons. The second-order valence-corrected chi connectivity index (χ2v) is 8.49. The molecular weight excluding hydrogens is 362 g/mol. The number of carbonyl (C=O) groups is 1. The van der Waals surface area contributed by atoms with Crippen LogP contribution in [-0.2, 0) is 6.54 Å². The van der Waals surface area contributed by atoms with E-state index in [4.69, 9.17) is 0 Å². The van der Waals surface area contributed by atoms with Gasteiger partial charge >= 0.3 is 0 Å². The van der Waals surface area contributed by atoms with Crippen molar-refractivity contribution in [3.8, 4) is 0 Å². The molecule has 1 aromatic heterocycles. The Kier molecular flexibility index (Phi) is 6.21. The average Bonchev–Trinajstić information content (AvgIpc) is 3.24. The standard InChI is InChI=1S/C23H31N5O/c1-26(2)17-18-5-7-19(8-6-18)22-4-3-13-28(22)20-9-14-27(15-10-20)23(29)21-16-24-11-12-25-21/h5-8,11-12,16,20,22H,3-4,9-10,13-15,17H2,1-2H3. The first-order chi connectivity index (χ1) is 14.1. The van der Waals surface area contributed by atoms with Crippen molar-refractivity contribution in [1.29, 1.82) is 0 Å². The topological polar surface area (TPSA) is 52.6 Å². The molecule has 2 saturated heterocycles. The molecule has 0 aliphatic carbocycles. The highest BCUT2D eigenvalue weighted by Gasteiger charge is 2.34. The highest BCUT2D eigenvalue weighted by molar-refractivity contribution is 5.92. The predicted molar refractivity (Wildman–Crippen MR) is 113 cm³/mol. The minimum Gasteiger partial charge on any atom is -0.337 e. The summed E-state index contributed by atoms with van der Waals surface area (Å²) in [6, 6.07) is 10.2. The van der Waals surface area contributed by atoms with E-state index in [-0.39, 0.29) is 5.91 Å². The van der Waals surface area contributed by atoms with Crippen molar-refractivity contribution in [2.45, 2.75) is 44.3 Å². The summed E-state index contributed by atoms with van der Waals surface area (Å²) in [7, 11) is 4.21. The van der Waals surface area contributed by atoms with Gasteiger partial charge in [0.05, 0.1) is 6.20 Å². The third-order valence-electron chi connectivity index (χ3n) is 6.16. The molecule has 0 bridgehead atoms. The van der Waals surface area contributed by atoms with Crippen LogP contribution < -0.4 is 0 Å². The van der Waals surface area contributed by atoms with E-state index in [0.29, 0.717) is 17.8 Å². The van der Waals surface area contributed by atoms with E-state index in [2.05, 4.69) is 58.1 Å². The van der Waals surface area contributed by atoms with E-state index in [0.717, 1.165) is 39.0 Å². The molecule has 0 radical (unpaired) electrons. The summed E-state index contributed by atoms with van der Waals surface area (Å²) >= 11 is 0. The lowest BCUT2D eigenvalue weighted by Crippen LogP contribution is -2.46. The van der Waals surface area contributed by atoms with Crippen LogP contribution in [0.3, 0.4) is 0 Å². The zero-order valence-corrected chi connectivity index (χ0v) is 17.5. The summed E-state index contributed by atoms with van der Waals surface area (Å²) in [6.45, 7) is 3.73. The Hall–Kier alpha value is -2.31. The van der Waals surface area contributed by atoms with Crippen molar-refractivity contribution in [2.75, 3.05) is 33.7 Å². The minimum atomic E-state index is 0.00556. The zero-order chi connectivity index (χ0) is 20.2. The SMILES string of the molecule is CN(C)Cc1ccc(C2CCCN2C2CCN(C(=O)c3cnccn3)CC2)cc1. The van der Waals surface area contributed by atoms with Crippen molar-refractivity contribution in [3.63, 3.8) is 0 Å². The Morgan fingerprint density at radius 2 is 1.83 bits per heavy atom. The van der Waals surface area contributed by atoms with Crippen LogP contribution in [-0.4, -0.2) is 70.3 Å². The number of nitrogens with zero attached hydrogens (tertiary/aromatic N) is 5. The number of hydrogen-bond acceptors (Lipinski definition) is 5. The Morgan fingerprint density at radius 3 is 2.48 bits per heavy atom. The Morgan fingerprint density at radius 1 is 1.07 bits per heavy atom. The quantitative estimate of drug-likeness (QED) is 0.782. The first-order valence-corrected chi connectivity index (χ1v) is 10.7. The molecule has 29 heavy (non-hydrogen) atoms. The maximum absolute atomic E-state index is 12.6. The third-order valence-corrected chi connectivity index (χ3v) is 6.16. The van der Waals surface area contributed by atoms with Gasteiger partial charge in [-0.1, -0.05) is 24.3 Å². The molecule has 0 spiro atoms. The van der Waals surface area contributed by atoms with Crippen molar-refractivity contribution in [3.05, 3.63) is 59.7 Å². The van der Waals surface area contributed by atoms with Gasteiger partial charge in [0, 0.05) is 44.1 Å². The summed E-state index contributed by atoms with van der Waals surface area (Å²) in [4.78, 5) is 27.6. The minimum absolute atomic E-state index is 0.00556. The van der Waals surface area contributed by atoms with Gasteiger partial charge in [-0.3, -0.25) is 14.7 Å². The van der Waals surface area contributed by atoms with Crippen molar-refractivity contribution >= 4 is 5.91 Å². The van der Waals surface area contributed by atoms with Crippen LogP contribution in [0.25, 0.3) is 0 Å². The van der Waals surface area contributed by atoms with Gasteiger partial charge in [0.2, 0.25) is 0 Å². The number of likely N-dealkylation sites (tertiary alicyclic amines) is 2. The summed E-state index contributed by atoms with van der Waals surface area (Å²) in [6.07, 6.45) is 9.28. The molecule has 1 atom stereocenters. The number of benzene rings is 1. The fourth-order valence-electron chi connectivity index (χ4n) is 4.77. The molecule has 2 aliphatic rings. The van der Waals surface area contributed by atoms with Crippen molar-refractivity contribution in [1.82, 2.24) is 24.7 Å². The van der Waals surface area contributed by atoms with Crippen molar-refractivity contribution in [2.24, 2.45) is 0 Å². The molecule has 6 nitrogen and oxygen atoms in total. The normalized spacial score (nSPS) is 21.1. The molecule has 1 aromatic carbocycles. The number of aromatic nitrogens is 2. The van der Waals surface area contributed by atoms with Gasteiger partial charge in [0.15, 0.2) is 0 Å². The van der Waals surface area contributed by atoms with Gasteiger partial charge in [0.1, 0.15) is 5.69 Å². The van der Waals surface area contributed by atoms with Gasteiger partial charge in [-0.2, -0.15) is 0 Å². The molecule has 2 fully saturated rings. The lowest BCUT2D eigenvalue weighted by atomic mass is 9.98. The average molecular weight is 394 g/mol. The van der Waals surface area contributed by atoms with Gasteiger partial charge in [-0.15, -0.1) is 0 Å². The van der Waals surface area contributed by atoms with Crippen LogP contribution in [0.15, 0.2) is 42.9 Å². The zero-order valence-electron chi connectivity index (χ0n) is 17.5. The van der Waals surface area contributed by atoms with Crippen LogP contribution >= 0.6 is 0 Å². The maximum atomic E-state index is 12.6. The maximum Gasteiger partial charge on any atom is 0.274 e. The molecule has 6 heteroatoms. The highest BCUT2D eigenvalue weighted by Crippen LogP contribution is 2.36. The Bertz CT molecular complexity index is 800. The number of carbonyl (C=O) groups excluding carboxylic acids is 1. The number of amides is 1. The number of hydrogen-bond donors (Lipinski definition) is 0. The van der Waals surface area contributed by atoms with Crippen LogP contribution in [0, 0.1) is 0 Å². The van der Waals surface area contributed by atoms with E-state index in [1.165, 1.54) is 24.0 Å². The second kappa shape index (κ2) is 9.01. The summed E-state index contributed by atoms with van der Waals surface area (Å²) in [5.74, 6) is 0.00556. The Labute approximate surface area is 173 Å². The van der Waals surface area contributed by atoms with Crippen molar-refractivity contribution < 1.29 is 4.79 Å². The second-order valence-electron chi connectivity index (χ2n) is 8.49. The van der Waals surface area contributed by atoms with Crippen LogP contribution in [0.2, 0.25) is 0 Å². The van der Waals surface area contributed by atoms with E-state index < -0.39 is 0 Å². The molecule has 1 amide bonds. The fraction of sp³-hybridized carbons (Fsp3) is 0.522. The molecule has 2 aromatic rings. The predicted octanol–water partition coefficient (Wildman–Crippen LogP) is 2.98. The smallest absolute Gasteiger partial charge is 0.274 e. The highest BCUT2D eigenvalue weighted by atomic mass is 16.2. The van der Waals surface area contributed by atoms with E-state index >= 15 is 0 Å². The summed E-state index contributed by atoms with van der Waals surface area (Å²) in [5.41, 5.74) is 3.24. The monoisotopic (exact) mass is 393 g/mol. The number of rotatable bonds is 5. The molecule has 4 rings (SSSR count). The molecular formula is C23H31N5O. The first-order valence-electron chi connectivity index (χ1n) is 10.7.